The summed E-state index contributed by atoms with van der Waals surface area (Å²) in [5, 5.41) is 4.04. The van der Waals surface area contributed by atoms with E-state index in [1.165, 1.54) is 0 Å². The molecule has 7 heteroatoms. The number of nitrogens with zero attached hydrogens (tertiary/aromatic N) is 5. The largest absolute Gasteiger partial charge is 0.491 e. The van der Waals surface area contributed by atoms with Crippen molar-refractivity contribution in [1.82, 2.24) is 9.80 Å². The molecule has 0 atom stereocenters. The summed E-state index contributed by atoms with van der Waals surface area (Å²) in [5.41, 5.74) is 9.43. The van der Waals surface area contributed by atoms with E-state index in [9.17, 15) is 0 Å². The molecule has 1 fully saturated rings. The van der Waals surface area contributed by atoms with Gasteiger partial charge in [-0.25, -0.2) is 0 Å². The molecule has 1 aromatic rings. The smallest absolute Gasteiger partial charge is 0.119 e. The molecule has 0 amide bonds. The van der Waals surface area contributed by atoms with E-state index in [-0.39, 0.29) is 0 Å². The Morgan fingerprint density at radius 3 is 2.30 bits per heavy atom. The van der Waals surface area contributed by atoms with E-state index in [2.05, 4.69) is 26.9 Å². The van der Waals surface area contributed by atoms with Crippen molar-refractivity contribution in [3.63, 3.8) is 0 Å². The molecular formula is C20H33N5O2. The van der Waals surface area contributed by atoms with Crippen molar-refractivity contribution in [3.05, 3.63) is 40.3 Å². The second kappa shape index (κ2) is 11.1. The van der Waals surface area contributed by atoms with Crippen molar-refractivity contribution in [3.8, 4) is 5.75 Å². The molecule has 0 radical (unpaired) electrons. The standard InChI is InChI=1S/C20H33N5O2/c1-4-20(5-2,22-23-21)18-6-8-19(9-7-18)27-17-16-26-15-14-25-12-10-24(3)11-13-25/h6-9H,4-5,10-17H2,1-3H3. The van der Waals surface area contributed by atoms with E-state index < -0.39 is 5.54 Å². The van der Waals surface area contributed by atoms with Gasteiger partial charge in [0.05, 0.1) is 18.8 Å². The Balaban J connectivity index is 1.68. The molecule has 7 nitrogen and oxygen atoms in total. The predicted octanol–water partition coefficient (Wildman–Crippen LogP) is 3.66. The fourth-order valence-electron chi connectivity index (χ4n) is 3.39. The van der Waals surface area contributed by atoms with Crippen LogP contribution in [0, 0.1) is 0 Å². The minimum absolute atomic E-state index is 0.473. The van der Waals surface area contributed by atoms with Crippen molar-refractivity contribution in [2.45, 2.75) is 32.2 Å². The van der Waals surface area contributed by atoms with Crippen LogP contribution < -0.4 is 4.74 Å². The number of piperazine rings is 1. The topological polar surface area (TPSA) is 73.7 Å². The Bertz CT molecular complexity index is 589. The van der Waals surface area contributed by atoms with Gasteiger partial charge in [0, 0.05) is 37.6 Å². The lowest BCUT2D eigenvalue weighted by Crippen LogP contribution is -2.45. The Morgan fingerprint density at radius 1 is 1.04 bits per heavy atom. The number of rotatable bonds is 11. The Labute approximate surface area is 162 Å². The van der Waals surface area contributed by atoms with Crippen molar-refractivity contribution in [2.75, 3.05) is 59.6 Å². The Morgan fingerprint density at radius 2 is 1.70 bits per heavy atom. The third-order valence-electron chi connectivity index (χ3n) is 5.44. The quantitative estimate of drug-likeness (QED) is 0.256. The number of azide groups is 1. The van der Waals surface area contributed by atoms with Gasteiger partial charge >= 0.3 is 0 Å². The zero-order chi connectivity index (χ0) is 19.5. The van der Waals surface area contributed by atoms with E-state index in [1.54, 1.807) is 0 Å². The molecule has 27 heavy (non-hydrogen) atoms. The summed E-state index contributed by atoms with van der Waals surface area (Å²) in [7, 11) is 2.17. The van der Waals surface area contributed by atoms with E-state index in [0.29, 0.717) is 13.2 Å². The molecule has 0 unspecified atom stereocenters. The molecular weight excluding hydrogens is 342 g/mol. The SMILES string of the molecule is CCC(CC)(N=[N+]=[N-])c1ccc(OCCOCCN2CCN(C)CC2)cc1. The highest BCUT2D eigenvalue weighted by molar-refractivity contribution is 5.32. The van der Waals surface area contributed by atoms with Gasteiger partial charge in [0.1, 0.15) is 12.4 Å². The van der Waals surface area contributed by atoms with E-state index in [0.717, 1.165) is 63.5 Å². The van der Waals surface area contributed by atoms with Crippen LogP contribution in [0.2, 0.25) is 0 Å². The molecule has 0 spiro atoms. The lowest BCUT2D eigenvalue weighted by molar-refractivity contribution is 0.0658. The summed E-state index contributed by atoms with van der Waals surface area (Å²) < 4.78 is 11.5. The lowest BCUT2D eigenvalue weighted by atomic mass is 9.86. The molecule has 150 valence electrons. The number of hydrogen-bond acceptors (Lipinski definition) is 5. The maximum atomic E-state index is 8.88. The van der Waals surface area contributed by atoms with Crippen LogP contribution in [-0.2, 0) is 10.3 Å². The van der Waals surface area contributed by atoms with Crippen molar-refractivity contribution < 1.29 is 9.47 Å². The van der Waals surface area contributed by atoms with Gasteiger partial charge < -0.3 is 14.4 Å². The van der Waals surface area contributed by atoms with Gasteiger partial charge in [0.25, 0.3) is 0 Å². The third kappa shape index (κ3) is 6.40. The van der Waals surface area contributed by atoms with Crippen LogP contribution in [0.15, 0.2) is 29.4 Å². The monoisotopic (exact) mass is 375 g/mol. The van der Waals surface area contributed by atoms with Crippen LogP contribution in [0.4, 0.5) is 0 Å². The fraction of sp³-hybridized carbons (Fsp3) is 0.700. The van der Waals surface area contributed by atoms with Gasteiger partial charge in [0.15, 0.2) is 0 Å². The molecule has 0 N–H and O–H groups in total. The molecule has 1 aromatic carbocycles. The van der Waals surface area contributed by atoms with Crippen LogP contribution in [0.1, 0.15) is 32.3 Å². The number of benzene rings is 1. The van der Waals surface area contributed by atoms with E-state index in [1.807, 2.05) is 38.1 Å². The van der Waals surface area contributed by atoms with E-state index in [4.69, 9.17) is 15.0 Å². The van der Waals surface area contributed by atoms with Crippen LogP contribution in [-0.4, -0.2) is 69.4 Å². The van der Waals surface area contributed by atoms with Gasteiger partial charge in [-0.05, 0) is 43.1 Å². The zero-order valence-corrected chi connectivity index (χ0v) is 16.9. The highest BCUT2D eigenvalue weighted by Crippen LogP contribution is 2.34. The third-order valence-corrected chi connectivity index (χ3v) is 5.44. The average molecular weight is 376 g/mol. The summed E-state index contributed by atoms with van der Waals surface area (Å²) in [5.74, 6) is 0.809. The summed E-state index contributed by atoms with van der Waals surface area (Å²) >= 11 is 0. The molecule has 0 aliphatic carbocycles. The molecule has 2 rings (SSSR count). The van der Waals surface area contributed by atoms with Crippen molar-refractivity contribution in [2.24, 2.45) is 5.11 Å². The summed E-state index contributed by atoms with van der Waals surface area (Å²) in [6.07, 6.45) is 1.55. The highest BCUT2D eigenvalue weighted by Gasteiger charge is 2.26. The molecule has 0 aromatic heterocycles. The minimum atomic E-state index is -0.473. The van der Waals surface area contributed by atoms with Crippen LogP contribution in [0.3, 0.4) is 0 Å². The second-order valence-electron chi connectivity index (χ2n) is 7.06. The first-order valence-corrected chi connectivity index (χ1v) is 9.91. The fourth-order valence-corrected chi connectivity index (χ4v) is 3.39. The maximum absolute atomic E-state index is 8.88. The Hall–Kier alpha value is -1.79. The number of likely N-dealkylation sites (N-methyl/N-ethyl adjacent to an activating group) is 1. The summed E-state index contributed by atoms with van der Waals surface area (Å²) in [6, 6.07) is 7.86. The van der Waals surface area contributed by atoms with Gasteiger partial charge in [-0.3, -0.25) is 4.90 Å². The van der Waals surface area contributed by atoms with Gasteiger partial charge in [-0.15, -0.1) is 0 Å². The molecule has 0 saturated carbocycles. The lowest BCUT2D eigenvalue weighted by Gasteiger charge is -2.32. The van der Waals surface area contributed by atoms with Gasteiger partial charge in [-0.1, -0.05) is 31.1 Å². The maximum Gasteiger partial charge on any atom is 0.119 e. The molecule has 0 bridgehead atoms. The van der Waals surface area contributed by atoms with Crippen molar-refractivity contribution in [1.29, 1.82) is 0 Å². The first kappa shape index (κ1) is 21.5. The zero-order valence-electron chi connectivity index (χ0n) is 16.9. The first-order valence-electron chi connectivity index (χ1n) is 9.91. The highest BCUT2D eigenvalue weighted by atomic mass is 16.5. The van der Waals surface area contributed by atoms with Crippen LogP contribution in [0.25, 0.3) is 10.4 Å². The number of ether oxygens (including phenoxy) is 2. The summed E-state index contributed by atoms with van der Waals surface area (Å²) in [6.45, 7) is 11.4. The predicted molar refractivity (Wildman–Crippen MR) is 108 cm³/mol. The molecule has 1 saturated heterocycles. The molecule has 1 heterocycles. The van der Waals surface area contributed by atoms with Crippen LogP contribution in [0.5, 0.6) is 5.75 Å². The second-order valence-corrected chi connectivity index (χ2v) is 7.06. The van der Waals surface area contributed by atoms with Gasteiger partial charge in [-0.2, -0.15) is 0 Å². The van der Waals surface area contributed by atoms with Gasteiger partial charge in [0.2, 0.25) is 0 Å². The normalized spacial score (nSPS) is 16.1. The van der Waals surface area contributed by atoms with Crippen molar-refractivity contribution >= 4 is 0 Å². The average Bonchev–Trinajstić information content (AvgIpc) is 2.71. The van der Waals surface area contributed by atoms with E-state index >= 15 is 0 Å². The first-order chi connectivity index (χ1) is 13.1. The summed E-state index contributed by atoms with van der Waals surface area (Å²) in [4.78, 5) is 7.83. The Kier molecular flexibility index (Phi) is 8.88. The van der Waals surface area contributed by atoms with Crippen LogP contribution >= 0.6 is 0 Å². The minimum Gasteiger partial charge on any atom is -0.491 e. The molecule has 1 aliphatic rings. The molecule has 1 aliphatic heterocycles. The number of hydrogen-bond donors (Lipinski definition) is 0.